The summed E-state index contributed by atoms with van der Waals surface area (Å²) in [5.41, 5.74) is 0.808. The summed E-state index contributed by atoms with van der Waals surface area (Å²) in [4.78, 5) is 26.5. The molecule has 1 aromatic carbocycles. The fourth-order valence-corrected chi connectivity index (χ4v) is 2.21. The summed E-state index contributed by atoms with van der Waals surface area (Å²) in [7, 11) is 0. The summed E-state index contributed by atoms with van der Waals surface area (Å²) in [6.07, 6.45) is 0. The van der Waals surface area contributed by atoms with Gasteiger partial charge in [-0.15, -0.1) is 0 Å². The second-order valence-corrected chi connectivity index (χ2v) is 5.44. The summed E-state index contributed by atoms with van der Waals surface area (Å²) in [5, 5.41) is 2.86. The van der Waals surface area contributed by atoms with E-state index in [9.17, 15) is 9.59 Å². The Kier molecular flexibility index (Phi) is 5.33. The molecule has 0 unspecified atom stereocenters. The van der Waals surface area contributed by atoms with Crippen LogP contribution in [-0.4, -0.2) is 43.0 Å². The van der Waals surface area contributed by atoms with Crippen LogP contribution in [0.2, 0.25) is 0 Å². The Morgan fingerprint density at radius 2 is 1.76 bits per heavy atom. The molecule has 0 aliphatic carbocycles. The Labute approximate surface area is 125 Å². The second-order valence-electron chi connectivity index (χ2n) is 5.44. The van der Waals surface area contributed by atoms with Crippen LogP contribution in [0.25, 0.3) is 0 Å². The van der Waals surface area contributed by atoms with Crippen molar-refractivity contribution in [2.75, 3.05) is 26.3 Å². The van der Waals surface area contributed by atoms with Gasteiger partial charge >= 0.3 is 0 Å². The fraction of sp³-hybridized carbons (Fsp3) is 0.500. The average Bonchev–Trinajstić information content (AvgIpc) is 2.53. The third kappa shape index (κ3) is 4.04. The standard InChI is InChI=1S/C16H22N2O3/c1-12(2)15(19)17-14(13-6-4-3-5-7-13)16(20)18-8-10-21-11-9-18/h3-7,12,14H,8-11H2,1-2H3,(H,17,19)/t14-/m0/s1. The van der Waals surface area contributed by atoms with Crippen molar-refractivity contribution in [2.24, 2.45) is 5.92 Å². The van der Waals surface area contributed by atoms with Crippen LogP contribution in [0.3, 0.4) is 0 Å². The number of carbonyl (C=O) groups excluding carboxylic acids is 2. The number of carbonyl (C=O) groups is 2. The number of rotatable bonds is 4. The highest BCUT2D eigenvalue weighted by Crippen LogP contribution is 2.17. The van der Waals surface area contributed by atoms with E-state index >= 15 is 0 Å². The molecular weight excluding hydrogens is 268 g/mol. The van der Waals surface area contributed by atoms with Gasteiger partial charge in [0.2, 0.25) is 11.8 Å². The van der Waals surface area contributed by atoms with E-state index in [0.29, 0.717) is 26.3 Å². The molecule has 1 aliphatic rings. The first-order valence-electron chi connectivity index (χ1n) is 7.31. The van der Waals surface area contributed by atoms with E-state index in [1.807, 2.05) is 44.2 Å². The number of hydrogen-bond donors (Lipinski definition) is 1. The number of ether oxygens (including phenoxy) is 1. The van der Waals surface area contributed by atoms with Crippen LogP contribution in [0.1, 0.15) is 25.5 Å². The normalized spacial score (nSPS) is 16.6. The molecule has 5 heteroatoms. The predicted octanol–water partition coefficient (Wildman–Crippen LogP) is 1.36. The molecule has 5 nitrogen and oxygen atoms in total. The van der Waals surface area contributed by atoms with E-state index < -0.39 is 6.04 Å². The van der Waals surface area contributed by atoms with E-state index in [2.05, 4.69) is 5.32 Å². The Bertz CT molecular complexity index is 482. The molecular formula is C16H22N2O3. The summed E-state index contributed by atoms with van der Waals surface area (Å²) in [5.74, 6) is -0.349. The van der Waals surface area contributed by atoms with Crippen molar-refractivity contribution in [1.29, 1.82) is 0 Å². The number of amides is 2. The van der Waals surface area contributed by atoms with Crippen LogP contribution in [0.15, 0.2) is 30.3 Å². The van der Waals surface area contributed by atoms with Crippen LogP contribution < -0.4 is 5.32 Å². The molecule has 0 spiro atoms. The lowest BCUT2D eigenvalue weighted by Crippen LogP contribution is -2.48. The zero-order chi connectivity index (χ0) is 15.2. The fourth-order valence-electron chi connectivity index (χ4n) is 2.21. The number of nitrogens with one attached hydrogen (secondary N) is 1. The van der Waals surface area contributed by atoms with Gasteiger partial charge in [0.1, 0.15) is 6.04 Å². The highest BCUT2D eigenvalue weighted by atomic mass is 16.5. The van der Waals surface area contributed by atoms with E-state index in [0.717, 1.165) is 5.56 Å². The number of benzene rings is 1. The first kappa shape index (κ1) is 15.5. The number of nitrogens with zero attached hydrogens (tertiary/aromatic N) is 1. The highest BCUT2D eigenvalue weighted by Gasteiger charge is 2.28. The maximum absolute atomic E-state index is 12.7. The molecule has 1 atom stereocenters. The second kappa shape index (κ2) is 7.22. The van der Waals surface area contributed by atoms with E-state index in [-0.39, 0.29) is 17.7 Å². The minimum absolute atomic E-state index is 0.0708. The van der Waals surface area contributed by atoms with Crippen molar-refractivity contribution in [2.45, 2.75) is 19.9 Å². The topological polar surface area (TPSA) is 58.6 Å². The van der Waals surface area contributed by atoms with E-state index in [4.69, 9.17) is 4.74 Å². The molecule has 0 aromatic heterocycles. The van der Waals surface area contributed by atoms with Gasteiger partial charge in [-0.3, -0.25) is 9.59 Å². The highest BCUT2D eigenvalue weighted by molar-refractivity contribution is 5.89. The molecule has 0 saturated carbocycles. The van der Waals surface area contributed by atoms with Crippen molar-refractivity contribution in [3.8, 4) is 0 Å². The minimum Gasteiger partial charge on any atom is -0.378 e. The zero-order valence-electron chi connectivity index (χ0n) is 12.5. The van der Waals surface area contributed by atoms with E-state index in [1.54, 1.807) is 4.90 Å². The Morgan fingerprint density at radius 3 is 2.33 bits per heavy atom. The first-order valence-corrected chi connectivity index (χ1v) is 7.31. The van der Waals surface area contributed by atoms with Gasteiger partial charge in [0.05, 0.1) is 13.2 Å². The Balaban J connectivity index is 2.18. The Morgan fingerprint density at radius 1 is 1.14 bits per heavy atom. The van der Waals surface area contributed by atoms with Gasteiger partial charge in [-0.1, -0.05) is 44.2 Å². The summed E-state index contributed by atoms with van der Waals surface area (Å²) in [6, 6.07) is 8.74. The van der Waals surface area contributed by atoms with Crippen molar-refractivity contribution >= 4 is 11.8 Å². The van der Waals surface area contributed by atoms with Crippen LogP contribution >= 0.6 is 0 Å². The summed E-state index contributed by atoms with van der Waals surface area (Å²) in [6.45, 7) is 5.86. The SMILES string of the molecule is CC(C)C(=O)N[C@H](C(=O)N1CCOCC1)c1ccccc1. The molecule has 2 rings (SSSR count). The van der Waals surface area contributed by atoms with Gasteiger partial charge in [-0.05, 0) is 5.56 Å². The van der Waals surface area contributed by atoms with E-state index in [1.165, 1.54) is 0 Å². The van der Waals surface area contributed by atoms with Crippen LogP contribution in [-0.2, 0) is 14.3 Å². The van der Waals surface area contributed by atoms with Gasteiger partial charge in [-0.25, -0.2) is 0 Å². The lowest BCUT2D eigenvalue weighted by atomic mass is 10.0. The first-order chi connectivity index (χ1) is 10.1. The third-order valence-electron chi connectivity index (χ3n) is 3.51. The number of hydrogen-bond acceptors (Lipinski definition) is 3. The largest absolute Gasteiger partial charge is 0.378 e. The van der Waals surface area contributed by atoms with Gasteiger partial charge in [0, 0.05) is 19.0 Å². The van der Waals surface area contributed by atoms with Gasteiger partial charge in [-0.2, -0.15) is 0 Å². The smallest absolute Gasteiger partial charge is 0.249 e. The van der Waals surface area contributed by atoms with Crippen molar-refractivity contribution in [1.82, 2.24) is 10.2 Å². The Hall–Kier alpha value is -1.88. The maximum Gasteiger partial charge on any atom is 0.249 e. The third-order valence-corrected chi connectivity index (χ3v) is 3.51. The number of morpholine rings is 1. The molecule has 1 saturated heterocycles. The van der Waals surface area contributed by atoms with Crippen LogP contribution in [0.5, 0.6) is 0 Å². The van der Waals surface area contributed by atoms with Crippen LogP contribution in [0, 0.1) is 5.92 Å². The van der Waals surface area contributed by atoms with Gasteiger partial charge < -0.3 is 15.0 Å². The van der Waals surface area contributed by atoms with Crippen molar-refractivity contribution < 1.29 is 14.3 Å². The molecule has 1 N–H and O–H groups in total. The maximum atomic E-state index is 12.7. The summed E-state index contributed by atoms with van der Waals surface area (Å²) >= 11 is 0. The quantitative estimate of drug-likeness (QED) is 0.911. The van der Waals surface area contributed by atoms with Crippen LogP contribution in [0.4, 0.5) is 0 Å². The molecule has 2 amide bonds. The molecule has 1 aromatic rings. The van der Waals surface area contributed by atoms with Crippen molar-refractivity contribution in [3.05, 3.63) is 35.9 Å². The zero-order valence-corrected chi connectivity index (χ0v) is 12.5. The molecule has 114 valence electrons. The molecule has 0 bridgehead atoms. The summed E-state index contributed by atoms with van der Waals surface area (Å²) < 4.78 is 5.27. The van der Waals surface area contributed by atoms with Gasteiger partial charge in [0.15, 0.2) is 0 Å². The molecule has 1 fully saturated rings. The van der Waals surface area contributed by atoms with Gasteiger partial charge in [0.25, 0.3) is 0 Å². The van der Waals surface area contributed by atoms with Crippen molar-refractivity contribution in [3.63, 3.8) is 0 Å². The lowest BCUT2D eigenvalue weighted by Gasteiger charge is -2.31. The lowest BCUT2D eigenvalue weighted by molar-refractivity contribution is -0.140. The minimum atomic E-state index is -0.626. The molecule has 0 radical (unpaired) electrons. The molecule has 1 heterocycles. The molecule has 21 heavy (non-hydrogen) atoms. The monoisotopic (exact) mass is 290 g/mol. The molecule has 1 aliphatic heterocycles. The average molecular weight is 290 g/mol. The predicted molar refractivity (Wildman–Crippen MR) is 79.6 cm³/mol.